The Morgan fingerprint density at radius 2 is 2.22 bits per heavy atom. The van der Waals surface area contributed by atoms with Crippen molar-refractivity contribution in [1.82, 2.24) is 0 Å². The van der Waals surface area contributed by atoms with Crippen molar-refractivity contribution in [3.05, 3.63) is 41.6 Å². The van der Waals surface area contributed by atoms with Crippen LogP contribution in [-0.2, 0) is 0 Å². The average Bonchev–Trinajstić information content (AvgIpc) is 2.40. The highest BCUT2D eigenvalue weighted by Gasteiger charge is 2.24. The number of nitrogens with zero attached hydrogens (tertiary/aromatic N) is 1. The Bertz CT molecular complexity index is 439. The predicted molar refractivity (Wildman–Crippen MR) is 70.4 cm³/mol. The number of benzene rings is 1. The Labute approximate surface area is 109 Å². The second kappa shape index (κ2) is 6.00. The third-order valence-corrected chi connectivity index (χ3v) is 3.87. The molecule has 1 nitrogen and oxygen atoms in total. The van der Waals surface area contributed by atoms with Gasteiger partial charge in [-0.05, 0) is 55.2 Å². The molecule has 0 bridgehead atoms. The van der Waals surface area contributed by atoms with Crippen molar-refractivity contribution in [2.75, 3.05) is 0 Å². The summed E-state index contributed by atoms with van der Waals surface area (Å²) in [6, 6.07) is 6.83. The fourth-order valence-corrected chi connectivity index (χ4v) is 2.85. The molecule has 1 aliphatic carbocycles. The van der Waals surface area contributed by atoms with E-state index in [1.807, 2.05) is 6.07 Å². The summed E-state index contributed by atoms with van der Waals surface area (Å²) >= 11 is 0. The molecule has 0 amide bonds. The number of nitriles is 1. The molecule has 2 atom stereocenters. The molecule has 18 heavy (non-hydrogen) atoms. The van der Waals surface area contributed by atoms with E-state index in [1.54, 1.807) is 12.1 Å². The van der Waals surface area contributed by atoms with Crippen molar-refractivity contribution in [3.63, 3.8) is 0 Å². The second-order valence-corrected chi connectivity index (χ2v) is 5.14. The Balaban J connectivity index is 2.04. The molecule has 95 valence electrons. The number of halogens is 1. The van der Waals surface area contributed by atoms with Gasteiger partial charge >= 0.3 is 0 Å². The summed E-state index contributed by atoms with van der Waals surface area (Å²) < 4.78 is 13.9. The van der Waals surface area contributed by atoms with Crippen molar-refractivity contribution < 1.29 is 4.39 Å². The van der Waals surface area contributed by atoms with Gasteiger partial charge in [0.05, 0.1) is 11.6 Å². The largest absolute Gasteiger partial charge is 0.207 e. The zero-order valence-corrected chi connectivity index (χ0v) is 10.8. The Hall–Kier alpha value is -1.36. The molecule has 0 aliphatic heterocycles. The minimum absolute atomic E-state index is 0.221. The molecule has 2 heteroatoms. The Morgan fingerprint density at radius 3 is 2.78 bits per heavy atom. The first-order valence-electron chi connectivity index (χ1n) is 6.77. The smallest absolute Gasteiger partial charge is 0.127 e. The fraction of sp³-hybridized carbons (Fsp3) is 0.500. The topological polar surface area (TPSA) is 23.8 Å². The van der Waals surface area contributed by atoms with E-state index in [9.17, 15) is 4.39 Å². The maximum Gasteiger partial charge on any atom is 0.127 e. The average molecular weight is 244 g/mol. The molecule has 0 aromatic heterocycles. The van der Waals surface area contributed by atoms with Crippen LogP contribution in [0.1, 0.15) is 56.1 Å². The van der Waals surface area contributed by atoms with Crippen LogP contribution in [0.15, 0.2) is 18.2 Å². The van der Waals surface area contributed by atoms with Gasteiger partial charge in [0.1, 0.15) is 5.82 Å². The van der Waals surface area contributed by atoms with Crippen LogP contribution in [0, 0.1) is 29.5 Å². The van der Waals surface area contributed by atoms with Crippen LogP contribution in [0.5, 0.6) is 0 Å². The van der Waals surface area contributed by atoms with Crippen LogP contribution in [0.3, 0.4) is 0 Å². The van der Waals surface area contributed by atoms with Crippen LogP contribution in [0.25, 0.3) is 0 Å². The zero-order chi connectivity index (χ0) is 13.0. The normalized spacial score (nSPS) is 23.6. The molecule has 2 rings (SSSR count). The highest BCUT2D eigenvalue weighted by atomic mass is 19.1. The first-order chi connectivity index (χ1) is 8.74. The van der Waals surface area contributed by atoms with Gasteiger partial charge in [-0.15, -0.1) is 0 Å². The fourth-order valence-electron chi connectivity index (χ4n) is 2.85. The predicted octanol–water partition coefficient (Wildman–Crippen LogP) is 4.59. The lowest BCUT2D eigenvalue weighted by molar-refractivity contribution is 0.378. The highest BCUT2D eigenvalue weighted by molar-refractivity contribution is 5.34. The SMILES string of the molecule is CCCC1[CH]CC(c2ccc(C#N)cc2F)CC1. The summed E-state index contributed by atoms with van der Waals surface area (Å²) in [4.78, 5) is 0. The van der Waals surface area contributed by atoms with Gasteiger partial charge in [0.2, 0.25) is 0 Å². The molecule has 0 heterocycles. The Kier molecular flexibility index (Phi) is 4.36. The molecule has 1 fully saturated rings. The van der Waals surface area contributed by atoms with Crippen molar-refractivity contribution in [3.8, 4) is 6.07 Å². The summed E-state index contributed by atoms with van der Waals surface area (Å²) in [7, 11) is 0. The van der Waals surface area contributed by atoms with Gasteiger partial charge in [-0.3, -0.25) is 0 Å². The second-order valence-electron chi connectivity index (χ2n) is 5.14. The van der Waals surface area contributed by atoms with E-state index in [4.69, 9.17) is 5.26 Å². The van der Waals surface area contributed by atoms with E-state index in [-0.39, 0.29) is 5.82 Å². The molecular weight excluding hydrogens is 225 g/mol. The molecule has 0 saturated heterocycles. The summed E-state index contributed by atoms with van der Waals surface area (Å²) in [5, 5.41) is 8.73. The van der Waals surface area contributed by atoms with Crippen LogP contribution < -0.4 is 0 Å². The van der Waals surface area contributed by atoms with Gasteiger partial charge < -0.3 is 0 Å². The summed E-state index contributed by atoms with van der Waals surface area (Å²) in [6.07, 6.45) is 8.02. The monoisotopic (exact) mass is 244 g/mol. The molecule has 1 radical (unpaired) electrons. The zero-order valence-electron chi connectivity index (χ0n) is 10.8. The first kappa shape index (κ1) is 13.1. The summed E-state index contributed by atoms with van der Waals surface area (Å²) in [5.74, 6) is 0.792. The van der Waals surface area contributed by atoms with Crippen LogP contribution in [0.4, 0.5) is 4.39 Å². The van der Waals surface area contributed by atoms with Crippen LogP contribution in [-0.4, -0.2) is 0 Å². The molecule has 1 aromatic rings. The van der Waals surface area contributed by atoms with Gasteiger partial charge in [-0.1, -0.05) is 25.8 Å². The maximum atomic E-state index is 13.9. The lowest BCUT2D eigenvalue weighted by Gasteiger charge is -2.28. The maximum absolute atomic E-state index is 13.9. The van der Waals surface area contributed by atoms with E-state index in [2.05, 4.69) is 13.3 Å². The van der Waals surface area contributed by atoms with Crippen molar-refractivity contribution in [2.24, 2.45) is 5.92 Å². The summed E-state index contributed by atoms with van der Waals surface area (Å²) in [5.41, 5.74) is 1.18. The van der Waals surface area contributed by atoms with Gasteiger partial charge in [-0.2, -0.15) is 5.26 Å². The van der Waals surface area contributed by atoms with E-state index >= 15 is 0 Å². The van der Waals surface area contributed by atoms with Crippen LogP contribution in [0.2, 0.25) is 0 Å². The van der Waals surface area contributed by atoms with Crippen LogP contribution >= 0.6 is 0 Å². The van der Waals surface area contributed by atoms with Crippen molar-refractivity contribution in [2.45, 2.75) is 44.9 Å². The van der Waals surface area contributed by atoms with Crippen molar-refractivity contribution in [1.29, 1.82) is 5.26 Å². The summed E-state index contributed by atoms with van der Waals surface area (Å²) in [6.45, 7) is 2.21. The Morgan fingerprint density at radius 1 is 1.39 bits per heavy atom. The van der Waals surface area contributed by atoms with Gasteiger partial charge in [0.15, 0.2) is 0 Å². The molecule has 2 unspecified atom stereocenters. The minimum atomic E-state index is -0.221. The minimum Gasteiger partial charge on any atom is -0.207 e. The standard InChI is InChI=1S/C16H19FN/c1-2-3-12-4-7-14(8-5-12)15-9-6-13(11-18)10-16(15)17/h4,6,9-10,12,14H,2-3,5,7-8H2,1H3. The lowest BCUT2D eigenvalue weighted by Crippen LogP contribution is -2.14. The molecule has 0 spiro atoms. The van der Waals surface area contributed by atoms with Gasteiger partial charge in [0, 0.05) is 0 Å². The van der Waals surface area contributed by atoms with Gasteiger partial charge in [0.25, 0.3) is 0 Å². The highest BCUT2D eigenvalue weighted by Crippen LogP contribution is 2.37. The third kappa shape index (κ3) is 2.90. The quantitative estimate of drug-likeness (QED) is 0.763. The molecular formula is C16H19FN. The molecule has 1 aliphatic rings. The number of hydrogen-bond donors (Lipinski definition) is 0. The van der Waals surface area contributed by atoms with E-state index in [0.717, 1.165) is 24.8 Å². The van der Waals surface area contributed by atoms with Crippen molar-refractivity contribution >= 4 is 0 Å². The third-order valence-electron chi connectivity index (χ3n) is 3.87. The number of rotatable bonds is 3. The molecule has 0 N–H and O–H groups in total. The molecule has 1 saturated carbocycles. The number of hydrogen-bond acceptors (Lipinski definition) is 1. The lowest BCUT2D eigenvalue weighted by atomic mass is 9.77. The van der Waals surface area contributed by atoms with E-state index in [0.29, 0.717) is 17.4 Å². The van der Waals surface area contributed by atoms with Gasteiger partial charge in [-0.25, -0.2) is 4.39 Å². The molecule has 1 aromatic carbocycles. The van der Waals surface area contributed by atoms with E-state index < -0.39 is 0 Å². The van der Waals surface area contributed by atoms with E-state index in [1.165, 1.54) is 18.9 Å². The first-order valence-corrected chi connectivity index (χ1v) is 6.77.